The maximum atomic E-state index is 14.0. The van der Waals surface area contributed by atoms with Gasteiger partial charge >= 0.3 is 6.09 Å². The molecule has 0 aliphatic carbocycles. The summed E-state index contributed by atoms with van der Waals surface area (Å²) in [5, 5.41) is 10.3. The van der Waals surface area contributed by atoms with Gasteiger partial charge in [-0.2, -0.15) is 0 Å². The molecule has 0 aromatic heterocycles. The van der Waals surface area contributed by atoms with Crippen LogP contribution in [-0.2, 0) is 20.9 Å². The smallest absolute Gasteiger partial charge is 0.408 e. The third-order valence-electron chi connectivity index (χ3n) is 4.97. The fourth-order valence-corrected chi connectivity index (χ4v) is 3.31. The molecule has 1 aliphatic heterocycles. The maximum absolute atomic E-state index is 14.0. The van der Waals surface area contributed by atoms with Crippen molar-refractivity contribution in [1.82, 2.24) is 21.3 Å². The molecule has 10 heteroatoms. The Morgan fingerprint density at radius 3 is 2.50 bits per heavy atom. The van der Waals surface area contributed by atoms with Gasteiger partial charge in [-0.25, -0.2) is 13.6 Å². The highest BCUT2D eigenvalue weighted by Gasteiger charge is 2.28. The van der Waals surface area contributed by atoms with Crippen molar-refractivity contribution in [2.75, 3.05) is 0 Å². The van der Waals surface area contributed by atoms with Gasteiger partial charge in [0.25, 0.3) is 5.91 Å². The molecule has 1 aliphatic rings. The number of benzene rings is 2. The van der Waals surface area contributed by atoms with Crippen LogP contribution in [0.3, 0.4) is 0 Å². The van der Waals surface area contributed by atoms with Crippen LogP contribution < -0.4 is 21.3 Å². The topological polar surface area (TPSA) is 109 Å². The molecule has 0 saturated carbocycles. The number of nitrogens with one attached hydrogen (secondary N) is 4. The first kappa shape index (κ1) is 24.7. The summed E-state index contributed by atoms with van der Waals surface area (Å²) in [5.74, 6) is -2.79. The lowest BCUT2D eigenvalue weighted by Gasteiger charge is -2.27. The third-order valence-corrected chi connectivity index (χ3v) is 4.97. The summed E-state index contributed by atoms with van der Waals surface area (Å²) in [6, 6.07) is 11.1. The molecule has 0 bridgehead atoms. The van der Waals surface area contributed by atoms with Crippen LogP contribution in [0.4, 0.5) is 13.6 Å². The minimum Gasteiger partial charge on any atom is -0.445 e. The predicted molar refractivity (Wildman–Crippen MR) is 120 cm³/mol. The molecule has 0 fully saturated rings. The normalized spacial score (nSPS) is 16.1. The second-order valence-corrected chi connectivity index (χ2v) is 8.17. The molecule has 1 unspecified atom stereocenters. The summed E-state index contributed by atoms with van der Waals surface area (Å²) < 4.78 is 32.3. The summed E-state index contributed by atoms with van der Waals surface area (Å²) in [5.41, 5.74) is 0.721. The van der Waals surface area contributed by atoms with Gasteiger partial charge in [-0.1, -0.05) is 44.2 Å². The molecule has 2 aromatic carbocycles. The van der Waals surface area contributed by atoms with Crippen molar-refractivity contribution < 1.29 is 27.9 Å². The summed E-state index contributed by atoms with van der Waals surface area (Å²) in [7, 11) is 0. The molecule has 2 atom stereocenters. The van der Waals surface area contributed by atoms with Crippen LogP contribution in [0, 0.1) is 17.6 Å². The number of amides is 3. The number of hydrogen-bond acceptors (Lipinski definition) is 5. The second kappa shape index (κ2) is 11.3. The first-order valence-corrected chi connectivity index (χ1v) is 10.7. The molecule has 1 heterocycles. The number of carbonyl (C=O) groups excluding carboxylic acids is 3. The minimum absolute atomic E-state index is 0.0388. The summed E-state index contributed by atoms with van der Waals surface area (Å²) in [6.45, 7) is 3.81. The Kier molecular flexibility index (Phi) is 8.18. The highest BCUT2D eigenvalue weighted by molar-refractivity contribution is 5.99. The van der Waals surface area contributed by atoms with E-state index in [0.29, 0.717) is 12.5 Å². The van der Waals surface area contributed by atoms with Crippen molar-refractivity contribution in [3.05, 3.63) is 83.2 Å². The molecule has 0 radical (unpaired) electrons. The number of hydrogen-bond donors (Lipinski definition) is 4. The Bertz CT molecular complexity index is 1080. The monoisotopic (exact) mass is 472 g/mol. The van der Waals surface area contributed by atoms with E-state index in [-0.39, 0.29) is 23.8 Å². The van der Waals surface area contributed by atoms with Crippen molar-refractivity contribution in [2.45, 2.75) is 39.1 Å². The summed E-state index contributed by atoms with van der Waals surface area (Å²) in [4.78, 5) is 37.5. The van der Waals surface area contributed by atoms with E-state index in [0.717, 1.165) is 11.6 Å². The van der Waals surface area contributed by atoms with Gasteiger partial charge in [-0.3, -0.25) is 9.59 Å². The van der Waals surface area contributed by atoms with E-state index < -0.39 is 41.7 Å². The number of rotatable bonds is 8. The molecular weight excluding hydrogens is 446 g/mol. The van der Waals surface area contributed by atoms with Crippen LogP contribution in [0.1, 0.15) is 37.6 Å². The Morgan fingerprint density at radius 2 is 1.85 bits per heavy atom. The van der Waals surface area contributed by atoms with Crippen molar-refractivity contribution in [3.63, 3.8) is 0 Å². The number of halogens is 2. The van der Waals surface area contributed by atoms with Crippen LogP contribution >= 0.6 is 0 Å². The minimum atomic E-state index is -0.954. The van der Waals surface area contributed by atoms with Gasteiger partial charge in [0.1, 0.15) is 36.1 Å². The van der Waals surface area contributed by atoms with E-state index in [4.69, 9.17) is 4.74 Å². The zero-order valence-electron chi connectivity index (χ0n) is 18.7. The van der Waals surface area contributed by atoms with E-state index in [1.165, 1.54) is 12.3 Å². The molecule has 8 nitrogen and oxygen atoms in total. The lowest BCUT2D eigenvalue weighted by molar-refractivity contribution is -0.126. The van der Waals surface area contributed by atoms with Gasteiger partial charge in [-0.15, -0.1) is 0 Å². The standard InChI is InChI=1S/C24H26F2N4O4/c1-14(2)10-19(29-24(33)34-13-15-6-4-3-5-7-15)22(31)28-20-12-27-21(30-23(20)32)17-9-8-16(25)11-18(17)26/h3-9,11-12,14,19,21,27H,10,13H2,1-2H3,(H,28,31)(H,29,33)(H,30,32)/t19-,21?/m0/s1. The van der Waals surface area contributed by atoms with E-state index >= 15 is 0 Å². The van der Waals surface area contributed by atoms with E-state index in [2.05, 4.69) is 21.3 Å². The molecule has 4 N–H and O–H groups in total. The summed E-state index contributed by atoms with van der Waals surface area (Å²) >= 11 is 0. The van der Waals surface area contributed by atoms with E-state index in [1.54, 1.807) is 12.1 Å². The zero-order chi connectivity index (χ0) is 24.7. The molecule has 180 valence electrons. The average molecular weight is 472 g/mol. The molecule has 0 spiro atoms. The first-order valence-electron chi connectivity index (χ1n) is 10.7. The molecule has 34 heavy (non-hydrogen) atoms. The van der Waals surface area contributed by atoms with Crippen molar-refractivity contribution in [1.29, 1.82) is 0 Å². The Labute approximate surface area is 195 Å². The lowest BCUT2D eigenvalue weighted by Crippen LogP contribution is -2.51. The number of ether oxygens (including phenoxy) is 1. The Hall–Kier alpha value is -3.95. The van der Waals surface area contributed by atoms with Crippen molar-refractivity contribution >= 4 is 17.9 Å². The van der Waals surface area contributed by atoms with Gasteiger partial charge in [-0.05, 0) is 30.0 Å². The maximum Gasteiger partial charge on any atom is 0.408 e. The zero-order valence-corrected chi connectivity index (χ0v) is 18.7. The van der Waals surface area contributed by atoms with E-state index in [9.17, 15) is 23.2 Å². The largest absolute Gasteiger partial charge is 0.445 e. The highest BCUT2D eigenvalue weighted by Crippen LogP contribution is 2.19. The van der Waals surface area contributed by atoms with Gasteiger partial charge in [0.05, 0.1) is 0 Å². The number of alkyl carbamates (subject to hydrolysis) is 1. The molecule has 2 aromatic rings. The second-order valence-electron chi connectivity index (χ2n) is 8.17. The predicted octanol–water partition coefficient (Wildman–Crippen LogP) is 2.98. The average Bonchev–Trinajstić information content (AvgIpc) is 2.79. The molecular formula is C24H26F2N4O4. The van der Waals surface area contributed by atoms with Crippen LogP contribution in [0.25, 0.3) is 0 Å². The van der Waals surface area contributed by atoms with E-state index in [1.807, 2.05) is 32.0 Å². The van der Waals surface area contributed by atoms with Gasteiger partial charge in [0.15, 0.2) is 0 Å². The molecule has 3 rings (SSSR count). The van der Waals surface area contributed by atoms with Crippen molar-refractivity contribution in [3.8, 4) is 0 Å². The van der Waals surface area contributed by atoms with Crippen LogP contribution in [0.2, 0.25) is 0 Å². The Balaban J connectivity index is 1.61. The fraction of sp³-hybridized carbons (Fsp3) is 0.292. The summed E-state index contributed by atoms with van der Waals surface area (Å²) in [6.07, 6.45) is -0.175. The highest BCUT2D eigenvalue weighted by atomic mass is 19.1. The molecule has 0 saturated heterocycles. The lowest BCUT2D eigenvalue weighted by atomic mass is 10.0. The van der Waals surface area contributed by atoms with Crippen LogP contribution in [0.5, 0.6) is 0 Å². The quantitative estimate of drug-likeness (QED) is 0.473. The van der Waals surface area contributed by atoms with Crippen LogP contribution in [-0.4, -0.2) is 23.9 Å². The number of carbonyl (C=O) groups is 3. The Morgan fingerprint density at radius 1 is 1.12 bits per heavy atom. The SMILES string of the molecule is CC(C)C[C@H](NC(=O)OCc1ccccc1)C(=O)NC1=CNC(c2ccc(F)cc2F)NC1=O. The van der Waals surface area contributed by atoms with Gasteiger partial charge < -0.3 is 26.0 Å². The van der Waals surface area contributed by atoms with Gasteiger partial charge in [0, 0.05) is 17.8 Å². The third kappa shape index (κ3) is 6.77. The fourth-order valence-electron chi connectivity index (χ4n) is 3.31. The molecule has 3 amide bonds. The van der Waals surface area contributed by atoms with Gasteiger partial charge in [0.2, 0.25) is 5.91 Å². The first-order chi connectivity index (χ1) is 16.2. The van der Waals surface area contributed by atoms with Crippen molar-refractivity contribution in [2.24, 2.45) is 5.92 Å². The van der Waals surface area contributed by atoms with Crippen LogP contribution in [0.15, 0.2) is 60.4 Å².